The minimum absolute atomic E-state index is 0.231. The molecule has 0 aliphatic carbocycles. The number of hydrogen-bond donors (Lipinski definition) is 1. The Bertz CT molecular complexity index is 335. The van der Waals surface area contributed by atoms with Crippen LogP contribution in [0.15, 0.2) is 24.4 Å². The Morgan fingerprint density at radius 1 is 1.41 bits per heavy atom. The third kappa shape index (κ3) is 3.49. The van der Waals surface area contributed by atoms with Crippen molar-refractivity contribution in [1.29, 1.82) is 0 Å². The molecule has 3 unspecified atom stereocenters. The number of ether oxygens (including phenoxy) is 1. The first-order chi connectivity index (χ1) is 8.15. The molecule has 0 aromatic carbocycles. The third-order valence-corrected chi connectivity index (χ3v) is 2.96. The second-order valence-electron chi connectivity index (χ2n) is 4.75. The number of rotatable bonds is 3. The zero-order chi connectivity index (χ0) is 12.3. The van der Waals surface area contributed by atoms with Crippen LogP contribution in [0.1, 0.15) is 25.6 Å². The number of aromatic nitrogens is 1. The van der Waals surface area contributed by atoms with E-state index in [1.807, 2.05) is 18.2 Å². The lowest BCUT2D eigenvalue weighted by Gasteiger charge is -2.36. The SMILES string of the molecule is CC1CN(CC(O)c2ccccn2)CC(C)O1. The average molecular weight is 236 g/mol. The van der Waals surface area contributed by atoms with E-state index in [1.165, 1.54) is 0 Å². The lowest BCUT2D eigenvalue weighted by atomic mass is 10.1. The average Bonchev–Trinajstić information content (AvgIpc) is 2.28. The van der Waals surface area contributed by atoms with Gasteiger partial charge in [-0.3, -0.25) is 9.88 Å². The number of pyridine rings is 1. The van der Waals surface area contributed by atoms with Gasteiger partial charge in [0.2, 0.25) is 0 Å². The van der Waals surface area contributed by atoms with Crippen molar-refractivity contribution in [2.24, 2.45) is 0 Å². The van der Waals surface area contributed by atoms with Gasteiger partial charge in [-0.25, -0.2) is 0 Å². The van der Waals surface area contributed by atoms with E-state index in [4.69, 9.17) is 4.74 Å². The van der Waals surface area contributed by atoms with Gasteiger partial charge in [-0.2, -0.15) is 0 Å². The predicted molar refractivity (Wildman–Crippen MR) is 65.6 cm³/mol. The highest BCUT2D eigenvalue weighted by Crippen LogP contribution is 2.16. The summed E-state index contributed by atoms with van der Waals surface area (Å²) >= 11 is 0. The molecule has 0 amide bonds. The molecule has 1 saturated heterocycles. The molecule has 2 rings (SSSR count). The fourth-order valence-corrected chi connectivity index (χ4v) is 2.34. The molecule has 2 heterocycles. The molecule has 4 nitrogen and oxygen atoms in total. The second kappa shape index (κ2) is 5.58. The van der Waals surface area contributed by atoms with Crippen molar-refractivity contribution in [3.8, 4) is 0 Å². The summed E-state index contributed by atoms with van der Waals surface area (Å²) in [4.78, 5) is 6.41. The quantitative estimate of drug-likeness (QED) is 0.857. The van der Waals surface area contributed by atoms with Gasteiger partial charge in [0.15, 0.2) is 0 Å². The highest BCUT2D eigenvalue weighted by atomic mass is 16.5. The van der Waals surface area contributed by atoms with Gasteiger partial charge in [0, 0.05) is 25.8 Å². The summed E-state index contributed by atoms with van der Waals surface area (Å²) in [5, 5.41) is 10.1. The second-order valence-corrected chi connectivity index (χ2v) is 4.75. The first-order valence-electron chi connectivity index (χ1n) is 6.12. The summed E-state index contributed by atoms with van der Waals surface area (Å²) in [6.07, 6.45) is 1.65. The van der Waals surface area contributed by atoms with Crippen molar-refractivity contribution in [1.82, 2.24) is 9.88 Å². The maximum atomic E-state index is 10.1. The largest absolute Gasteiger partial charge is 0.385 e. The number of aliphatic hydroxyl groups excluding tert-OH is 1. The van der Waals surface area contributed by atoms with E-state index < -0.39 is 6.10 Å². The molecular weight excluding hydrogens is 216 g/mol. The van der Waals surface area contributed by atoms with Gasteiger partial charge >= 0.3 is 0 Å². The van der Waals surface area contributed by atoms with Gasteiger partial charge in [0.05, 0.1) is 17.9 Å². The van der Waals surface area contributed by atoms with Gasteiger partial charge in [-0.15, -0.1) is 0 Å². The van der Waals surface area contributed by atoms with Gasteiger partial charge < -0.3 is 9.84 Å². The number of β-amino-alcohol motifs (C(OH)–C–C–N with tert-alkyl or cyclic N) is 1. The molecular formula is C13H20N2O2. The molecule has 0 bridgehead atoms. The number of morpholine rings is 1. The van der Waals surface area contributed by atoms with Gasteiger partial charge in [-0.05, 0) is 26.0 Å². The monoisotopic (exact) mass is 236 g/mol. The van der Waals surface area contributed by atoms with Gasteiger partial charge in [0.1, 0.15) is 6.10 Å². The van der Waals surface area contributed by atoms with Crippen molar-refractivity contribution in [2.75, 3.05) is 19.6 Å². The normalized spacial score (nSPS) is 27.9. The van der Waals surface area contributed by atoms with Gasteiger partial charge in [-0.1, -0.05) is 6.07 Å². The van der Waals surface area contributed by atoms with Crippen LogP contribution in [0.5, 0.6) is 0 Å². The zero-order valence-electron chi connectivity index (χ0n) is 10.4. The topological polar surface area (TPSA) is 45.6 Å². The van der Waals surface area contributed by atoms with Crippen LogP contribution in [0, 0.1) is 0 Å². The predicted octanol–water partition coefficient (Wildman–Crippen LogP) is 1.22. The summed E-state index contributed by atoms with van der Waals surface area (Å²) in [7, 11) is 0. The van der Waals surface area contributed by atoms with Crippen molar-refractivity contribution < 1.29 is 9.84 Å². The van der Waals surface area contributed by atoms with E-state index in [9.17, 15) is 5.11 Å². The van der Waals surface area contributed by atoms with Crippen molar-refractivity contribution in [2.45, 2.75) is 32.2 Å². The number of nitrogens with zero attached hydrogens (tertiary/aromatic N) is 2. The Morgan fingerprint density at radius 3 is 2.71 bits per heavy atom. The summed E-state index contributed by atoms with van der Waals surface area (Å²) in [5.41, 5.74) is 0.735. The Labute approximate surface area is 102 Å². The highest BCUT2D eigenvalue weighted by Gasteiger charge is 2.24. The molecule has 4 heteroatoms. The van der Waals surface area contributed by atoms with E-state index in [1.54, 1.807) is 6.20 Å². The molecule has 0 spiro atoms. The Kier molecular flexibility index (Phi) is 4.10. The molecule has 1 N–H and O–H groups in total. The maximum absolute atomic E-state index is 10.1. The van der Waals surface area contributed by atoms with Crippen LogP contribution in [-0.2, 0) is 4.74 Å². The van der Waals surface area contributed by atoms with Crippen molar-refractivity contribution in [3.63, 3.8) is 0 Å². The lowest BCUT2D eigenvalue weighted by molar-refractivity contribution is -0.0769. The molecule has 1 fully saturated rings. The molecule has 94 valence electrons. The highest BCUT2D eigenvalue weighted by molar-refractivity contribution is 5.07. The van der Waals surface area contributed by atoms with Crippen LogP contribution >= 0.6 is 0 Å². The Balaban J connectivity index is 1.92. The molecule has 0 radical (unpaired) electrons. The lowest BCUT2D eigenvalue weighted by Crippen LogP contribution is -2.46. The number of hydrogen-bond acceptors (Lipinski definition) is 4. The minimum atomic E-state index is -0.520. The molecule has 1 aliphatic rings. The molecule has 17 heavy (non-hydrogen) atoms. The standard InChI is InChI=1S/C13H20N2O2/c1-10-7-15(8-11(2)17-10)9-13(16)12-5-3-4-6-14-12/h3-6,10-11,13,16H,7-9H2,1-2H3. The number of aliphatic hydroxyl groups is 1. The van der Waals surface area contributed by atoms with Crippen molar-refractivity contribution >= 4 is 0 Å². The summed E-state index contributed by atoms with van der Waals surface area (Å²) in [6, 6.07) is 5.61. The van der Waals surface area contributed by atoms with Crippen molar-refractivity contribution in [3.05, 3.63) is 30.1 Å². The summed E-state index contributed by atoms with van der Waals surface area (Å²) < 4.78 is 5.66. The van der Waals surface area contributed by atoms with Crippen LogP contribution in [-0.4, -0.2) is 46.8 Å². The van der Waals surface area contributed by atoms with Crippen LogP contribution in [0.2, 0.25) is 0 Å². The molecule has 3 atom stereocenters. The molecule has 1 aliphatic heterocycles. The Morgan fingerprint density at radius 2 is 2.12 bits per heavy atom. The molecule has 1 aromatic rings. The smallest absolute Gasteiger partial charge is 0.109 e. The minimum Gasteiger partial charge on any atom is -0.385 e. The first kappa shape index (κ1) is 12.5. The van der Waals surface area contributed by atoms with Crippen LogP contribution in [0.4, 0.5) is 0 Å². The van der Waals surface area contributed by atoms with Crippen LogP contribution < -0.4 is 0 Å². The molecule has 1 aromatic heterocycles. The molecule has 0 saturated carbocycles. The summed E-state index contributed by atoms with van der Waals surface area (Å²) in [5.74, 6) is 0. The fraction of sp³-hybridized carbons (Fsp3) is 0.615. The third-order valence-electron chi connectivity index (χ3n) is 2.96. The van der Waals surface area contributed by atoms with E-state index in [0.29, 0.717) is 6.54 Å². The first-order valence-corrected chi connectivity index (χ1v) is 6.12. The van der Waals surface area contributed by atoms with E-state index in [2.05, 4.69) is 23.7 Å². The van der Waals surface area contributed by atoms with Crippen LogP contribution in [0.3, 0.4) is 0 Å². The zero-order valence-corrected chi connectivity index (χ0v) is 10.4. The Hall–Kier alpha value is -0.970. The van der Waals surface area contributed by atoms with E-state index in [0.717, 1.165) is 18.8 Å². The van der Waals surface area contributed by atoms with E-state index >= 15 is 0 Å². The maximum Gasteiger partial charge on any atom is 0.109 e. The van der Waals surface area contributed by atoms with Gasteiger partial charge in [0.25, 0.3) is 0 Å². The fourth-order valence-electron chi connectivity index (χ4n) is 2.34. The van der Waals surface area contributed by atoms with E-state index in [-0.39, 0.29) is 12.2 Å². The summed E-state index contributed by atoms with van der Waals surface area (Å²) in [6.45, 7) is 6.49. The van der Waals surface area contributed by atoms with Crippen LogP contribution in [0.25, 0.3) is 0 Å².